The molecule has 0 saturated carbocycles. The van der Waals surface area contributed by atoms with Crippen LogP contribution < -0.4 is 10.9 Å². The molecular formula is C16H24N4O2S. The average Bonchev–Trinajstić information content (AvgIpc) is 2.45. The van der Waals surface area contributed by atoms with Crippen LogP contribution in [0.15, 0.2) is 28.7 Å². The number of hydrogen-bond donors (Lipinski definition) is 2. The highest BCUT2D eigenvalue weighted by molar-refractivity contribution is 7.88. The van der Waals surface area contributed by atoms with Gasteiger partial charge in [-0.1, -0.05) is 30.4 Å². The summed E-state index contributed by atoms with van der Waals surface area (Å²) in [6, 6.07) is 6.29. The van der Waals surface area contributed by atoms with Gasteiger partial charge >= 0.3 is 10.2 Å². The van der Waals surface area contributed by atoms with Crippen LogP contribution in [-0.4, -0.2) is 32.4 Å². The van der Waals surface area contributed by atoms with Crippen LogP contribution in [-0.2, 0) is 10.2 Å². The lowest BCUT2D eigenvalue weighted by Crippen LogP contribution is -2.43. The molecular weight excluding hydrogens is 312 g/mol. The molecule has 126 valence electrons. The first-order chi connectivity index (χ1) is 10.8. The van der Waals surface area contributed by atoms with Crippen LogP contribution in [0.4, 0.5) is 0 Å². The summed E-state index contributed by atoms with van der Waals surface area (Å²) in [7, 11) is -3.93. The number of likely N-dealkylation sites (tertiary alicyclic amines) is 1. The second-order valence-corrected chi connectivity index (χ2v) is 7.17. The summed E-state index contributed by atoms with van der Waals surface area (Å²) in [5, 5.41) is 4.88. The second kappa shape index (κ2) is 7.14. The standard InChI is InChI=1S/C16H24N4O2S/c1-12-4-3-5-13(2)15(12)7-6-14-8-10-20(11-9-14)16(17)19-23(18,21)22/h3-7,14H,8-11H2,1-2H3,(H2,17,19)(H2,18,21,22). The Balaban J connectivity index is 1.98. The Morgan fingerprint density at radius 3 is 2.35 bits per heavy atom. The molecule has 0 radical (unpaired) electrons. The van der Waals surface area contributed by atoms with Gasteiger partial charge in [-0.25, -0.2) is 5.14 Å². The minimum Gasteiger partial charge on any atom is -0.369 e. The predicted octanol–water partition coefficient (Wildman–Crippen LogP) is 1.55. The summed E-state index contributed by atoms with van der Waals surface area (Å²) in [6.07, 6.45) is 6.23. The summed E-state index contributed by atoms with van der Waals surface area (Å²) in [5.41, 5.74) is 9.49. The highest BCUT2D eigenvalue weighted by atomic mass is 32.2. The Hall–Kier alpha value is -1.86. The topological polar surface area (TPSA) is 102 Å². The van der Waals surface area contributed by atoms with Crippen molar-refractivity contribution in [3.8, 4) is 0 Å². The molecule has 0 bridgehead atoms. The van der Waals surface area contributed by atoms with E-state index in [0.29, 0.717) is 19.0 Å². The Labute approximate surface area is 138 Å². The van der Waals surface area contributed by atoms with Crippen molar-refractivity contribution in [1.82, 2.24) is 4.90 Å². The Kier molecular flexibility index (Phi) is 5.43. The van der Waals surface area contributed by atoms with Gasteiger partial charge in [-0.2, -0.15) is 8.42 Å². The van der Waals surface area contributed by atoms with Gasteiger partial charge < -0.3 is 10.6 Å². The molecule has 2 rings (SSSR count). The van der Waals surface area contributed by atoms with Gasteiger partial charge in [-0.05, 0) is 49.3 Å². The van der Waals surface area contributed by atoms with Crippen LogP contribution >= 0.6 is 0 Å². The van der Waals surface area contributed by atoms with E-state index in [4.69, 9.17) is 10.9 Å². The van der Waals surface area contributed by atoms with E-state index in [1.165, 1.54) is 16.7 Å². The first kappa shape index (κ1) is 17.5. The molecule has 7 heteroatoms. The Morgan fingerprint density at radius 1 is 1.26 bits per heavy atom. The van der Waals surface area contributed by atoms with Crippen molar-refractivity contribution in [2.75, 3.05) is 13.1 Å². The molecule has 1 aromatic rings. The largest absolute Gasteiger partial charge is 0.369 e. The molecule has 0 amide bonds. The van der Waals surface area contributed by atoms with Crippen molar-refractivity contribution >= 4 is 22.2 Å². The van der Waals surface area contributed by atoms with Crippen molar-refractivity contribution in [2.24, 2.45) is 21.2 Å². The summed E-state index contributed by atoms with van der Waals surface area (Å²) in [6.45, 7) is 5.57. The SMILES string of the molecule is Cc1cccc(C)c1C=CC1CCN(C(N)=NS(N)(=O)=O)CC1. The lowest BCUT2D eigenvalue weighted by Gasteiger charge is -2.31. The summed E-state index contributed by atoms with van der Waals surface area (Å²) in [5.74, 6) is 0.428. The monoisotopic (exact) mass is 336 g/mol. The van der Waals surface area contributed by atoms with Gasteiger partial charge in [0.15, 0.2) is 0 Å². The van der Waals surface area contributed by atoms with Crippen LogP contribution in [0.25, 0.3) is 6.08 Å². The van der Waals surface area contributed by atoms with Gasteiger partial charge in [0.05, 0.1) is 0 Å². The number of benzene rings is 1. The lowest BCUT2D eigenvalue weighted by atomic mass is 9.94. The molecule has 1 aromatic carbocycles. The van der Waals surface area contributed by atoms with Crippen molar-refractivity contribution < 1.29 is 8.42 Å². The van der Waals surface area contributed by atoms with Crippen molar-refractivity contribution in [2.45, 2.75) is 26.7 Å². The first-order valence-corrected chi connectivity index (χ1v) is 9.14. The molecule has 1 saturated heterocycles. The van der Waals surface area contributed by atoms with E-state index in [1.807, 2.05) is 0 Å². The van der Waals surface area contributed by atoms with Crippen LogP contribution in [0.2, 0.25) is 0 Å². The van der Waals surface area contributed by atoms with Crippen molar-refractivity contribution in [3.63, 3.8) is 0 Å². The molecule has 1 fully saturated rings. The fourth-order valence-electron chi connectivity index (χ4n) is 2.83. The molecule has 4 N–H and O–H groups in total. The number of aryl methyl sites for hydroxylation is 2. The van der Waals surface area contributed by atoms with Crippen LogP contribution in [0.3, 0.4) is 0 Å². The molecule has 6 nitrogen and oxygen atoms in total. The van der Waals surface area contributed by atoms with Crippen LogP contribution in [0.1, 0.15) is 29.5 Å². The van der Waals surface area contributed by atoms with E-state index in [2.05, 4.69) is 48.6 Å². The third-order valence-corrected chi connectivity index (χ3v) is 4.60. The molecule has 1 heterocycles. The van der Waals surface area contributed by atoms with Gasteiger partial charge in [0.25, 0.3) is 0 Å². The van der Waals surface area contributed by atoms with Gasteiger partial charge in [-0.15, -0.1) is 4.40 Å². The van der Waals surface area contributed by atoms with Gasteiger partial charge in [0, 0.05) is 13.1 Å². The third kappa shape index (κ3) is 5.07. The molecule has 0 unspecified atom stereocenters. The molecule has 1 aliphatic rings. The van der Waals surface area contributed by atoms with Gasteiger partial charge in [-0.3, -0.25) is 0 Å². The van der Waals surface area contributed by atoms with E-state index >= 15 is 0 Å². The number of guanidine groups is 1. The fraction of sp³-hybridized carbons (Fsp3) is 0.438. The number of nitrogens with zero attached hydrogens (tertiary/aromatic N) is 2. The third-order valence-electron chi connectivity index (χ3n) is 4.16. The van der Waals surface area contributed by atoms with Crippen LogP contribution in [0, 0.1) is 19.8 Å². The summed E-state index contributed by atoms with van der Waals surface area (Å²) in [4.78, 5) is 1.76. The van der Waals surface area contributed by atoms with Crippen LogP contribution in [0.5, 0.6) is 0 Å². The Morgan fingerprint density at radius 2 is 1.83 bits per heavy atom. The second-order valence-electron chi connectivity index (χ2n) is 5.95. The maximum Gasteiger partial charge on any atom is 0.320 e. The quantitative estimate of drug-likeness (QED) is 0.646. The number of piperidine rings is 1. The minimum absolute atomic E-state index is 0.0234. The highest BCUT2D eigenvalue weighted by Crippen LogP contribution is 2.22. The van der Waals surface area contributed by atoms with E-state index in [0.717, 1.165) is 12.8 Å². The maximum atomic E-state index is 10.9. The normalized spacial score (nSPS) is 17.9. The molecule has 0 aliphatic carbocycles. The number of nitrogens with two attached hydrogens (primary N) is 2. The van der Waals surface area contributed by atoms with Gasteiger partial charge in [0.2, 0.25) is 5.96 Å². The number of allylic oxidation sites excluding steroid dienone is 1. The van der Waals surface area contributed by atoms with E-state index in [-0.39, 0.29) is 5.96 Å². The number of hydrogen-bond acceptors (Lipinski definition) is 2. The highest BCUT2D eigenvalue weighted by Gasteiger charge is 2.19. The minimum atomic E-state index is -3.93. The zero-order valence-electron chi connectivity index (χ0n) is 13.6. The van der Waals surface area contributed by atoms with Crippen molar-refractivity contribution in [3.05, 3.63) is 41.0 Å². The fourth-order valence-corrected chi connectivity index (χ4v) is 3.21. The zero-order chi connectivity index (χ0) is 17.0. The average molecular weight is 336 g/mol. The molecule has 0 aromatic heterocycles. The molecule has 23 heavy (non-hydrogen) atoms. The zero-order valence-corrected chi connectivity index (χ0v) is 14.4. The van der Waals surface area contributed by atoms with Crippen molar-refractivity contribution in [1.29, 1.82) is 0 Å². The smallest absolute Gasteiger partial charge is 0.320 e. The summed E-state index contributed by atoms with van der Waals surface area (Å²) < 4.78 is 25.2. The molecule has 0 spiro atoms. The van der Waals surface area contributed by atoms with E-state index < -0.39 is 10.2 Å². The van der Waals surface area contributed by atoms with E-state index in [1.54, 1.807) is 4.90 Å². The lowest BCUT2D eigenvalue weighted by molar-refractivity contribution is 0.297. The van der Waals surface area contributed by atoms with E-state index in [9.17, 15) is 8.42 Å². The van der Waals surface area contributed by atoms with Gasteiger partial charge in [0.1, 0.15) is 0 Å². The first-order valence-electron chi connectivity index (χ1n) is 7.64. The number of rotatable bonds is 3. The molecule has 1 aliphatic heterocycles. The maximum absolute atomic E-state index is 10.9. The Bertz CT molecular complexity index is 697. The predicted molar refractivity (Wildman–Crippen MR) is 94.0 cm³/mol. The summed E-state index contributed by atoms with van der Waals surface area (Å²) >= 11 is 0. The molecule has 0 atom stereocenters.